The topological polar surface area (TPSA) is 54.9 Å². The molecule has 2 rings (SSSR count). The van der Waals surface area contributed by atoms with E-state index in [0.717, 1.165) is 17.7 Å². The van der Waals surface area contributed by atoms with Gasteiger partial charge in [0.2, 0.25) is 0 Å². The van der Waals surface area contributed by atoms with Gasteiger partial charge in [0.25, 0.3) is 0 Å². The molecule has 0 saturated heterocycles. The molecule has 0 aliphatic heterocycles. The standard InChI is InChI=1S/C20H25F2N3O2.HI/c1-3-23-20(25-14-16-7-5-4-6-8-16)24-12-11-15-9-10-17(26-2)18(13-15)27-19(21)22;/h4-10,13,19H,3,11-12,14H2,1-2H3,(H2,23,24,25);1H. The Morgan fingerprint density at radius 2 is 1.79 bits per heavy atom. The van der Waals surface area contributed by atoms with Crippen LogP contribution in [-0.4, -0.2) is 32.8 Å². The lowest BCUT2D eigenvalue weighted by molar-refractivity contribution is -0.0512. The van der Waals surface area contributed by atoms with Crippen molar-refractivity contribution in [2.24, 2.45) is 4.99 Å². The second kappa shape index (κ2) is 13.1. The number of halogens is 3. The van der Waals surface area contributed by atoms with E-state index >= 15 is 0 Å². The molecule has 2 N–H and O–H groups in total. The van der Waals surface area contributed by atoms with Gasteiger partial charge in [-0.05, 0) is 36.6 Å². The number of nitrogens with zero attached hydrogens (tertiary/aromatic N) is 1. The summed E-state index contributed by atoms with van der Waals surface area (Å²) in [5.41, 5.74) is 1.98. The summed E-state index contributed by atoms with van der Waals surface area (Å²) in [5.74, 6) is 1.03. The maximum atomic E-state index is 12.5. The van der Waals surface area contributed by atoms with Crippen molar-refractivity contribution in [3.05, 3.63) is 59.7 Å². The molecule has 0 aliphatic carbocycles. The molecule has 0 aromatic heterocycles. The van der Waals surface area contributed by atoms with E-state index in [1.807, 2.05) is 43.3 Å². The average molecular weight is 505 g/mol. The van der Waals surface area contributed by atoms with Gasteiger partial charge in [-0.15, -0.1) is 24.0 Å². The van der Waals surface area contributed by atoms with E-state index in [0.29, 0.717) is 25.5 Å². The fraction of sp³-hybridized carbons (Fsp3) is 0.350. The van der Waals surface area contributed by atoms with Crippen LogP contribution in [0.1, 0.15) is 18.1 Å². The van der Waals surface area contributed by atoms with Crippen molar-refractivity contribution >= 4 is 29.9 Å². The number of nitrogens with one attached hydrogen (secondary N) is 2. The Labute approximate surface area is 181 Å². The molecule has 154 valence electrons. The highest BCUT2D eigenvalue weighted by Crippen LogP contribution is 2.29. The smallest absolute Gasteiger partial charge is 0.387 e. The van der Waals surface area contributed by atoms with E-state index in [-0.39, 0.29) is 35.5 Å². The van der Waals surface area contributed by atoms with Crippen LogP contribution in [0.5, 0.6) is 11.5 Å². The van der Waals surface area contributed by atoms with Crippen molar-refractivity contribution in [3.63, 3.8) is 0 Å². The van der Waals surface area contributed by atoms with Crippen molar-refractivity contribution in [1.29, 1.82) is 0 Å². The minimum atomic E-state index is -2.89. The number of rotatable bonds is 9. The Hall–Kier alpha value is -2.10. The molecule has 2 aromatic carbocycles. The zero-order valence-corrected chi connectivity index (χ0v) is 18.3. The molecule has 5 nitrogen and oxygen atoms in total. The molecule has 0 unspecified atom stereocenters. The van der Waals surface area contributed by atoms with Crippen LogP contribution in [0.3, 0.4) is 0 Å². The number of guanidine groups is 1. The minimum Gasteiger partial charge on any atom is -0.493 e. The average Bonchev–Trinajstić information content (AvgIpc) is 2.66. The zero-order valence-electron chi connectivity index (χ0n) is 16.0. The highest BCUT2D eigenvalue weighted by Gasteiger charge is 2.11. The van der Waals surface area contributed by atoms with Crippen molar-refractivity contribution in [3.8, 4) is 11.5 Å². The fourth-order valence-corrected chi connectivity index (χ4v) is 2.49. The van der Waals surface area contributed by atoms with Crippen LogP contribution in [0.2, 0.25) is 0 Å². The van der Waals surface area contributed by atoms with E-state index in [1.54, 1.807) is 12.1 Å². The number of methoxy groups -OCH3 is 1. The molecule has 0 amide bonds. The molecule has 8 heteroatoms. The van der Waals surface area contributed by atoms with Gasteiger partial charge in [-0.3, -0.25) is 0 Å². The van der Waals surface area contributed by atoms with Gasteiger partial charge in [0.1, 0.15) is 0 Å². The summed E-state index contributed by atoms with van der Waals surface area (Å²) in [7, 11) is 1.42. The van der Waals surface area contributed by atoms with E-state index in [9.17, 15) is 8.78 Å². The lowest BCUT2D eigenvalue weighted by Crippen LogP contribution is -2.38. The quantitative estimate of drug-likeness (QED) is 0.305. The van der Waals surface area contributed by atoms with Crippen molar-refractivity contribution in [2.45, 2.75) is 26.5 Å². The second-order valence-corrected chi connectivity index (χ2v) is 5.72. The third-order valence-corrected chi connectivity index (χ3v) is 3.76. The minimum absolute atomic E-state index is 0. The molecule has 0 fully saturated rings. The zero-order chi connectivity index (χ0) is 19.5. The van der Waals surface area contributed by atoms with Gasteiger partial charge in [-0.2, -0.15) is 8.78 Å². The van der Waals surface area contributed by atoms with E-state index in [4.69, 9.17) is 4.74 Å². The molecule has 0 radical (unpaired) electrons. The van der Waals surface area contributed by atoms with E-state index in [1.165, 1.54) is 7.11 Å². The van der Waals surface area contributed by atoms with Gasteiger partial charge in [-0.1, -0.05) is 36.4 Å². The van der Waals surface area contributed by atoms with Crippen LogP contribution in [-0.2, 0) is 13.0 Å². The van der Waals surface area contributed by atoms with E-state index < -0.39 is 6.61 Å². The molecule has 0 heterocycles. The highest BCUT2D eigenvalue weighted by atomic mass is 127. The van der Waals surface area contributed by atoms with Gasteiger partial charge in [-0.25, -0.2) is 4.99 Å². The fourth-order valence-electron chi connectivity index (χ4n) is 2.49. The summed E-state index contributed by atoms with van der Waals surface area (Å²) < 4.78 is 34.6. The lowest BCUT2D eigenvalue weighted by Gasteiger charge is -2.13. The van der Waals surface area contributed by atoms with Crippen LogP contribution in [0.15, 0.2) is 53.5 Å². The Balaban J connectivity index is 0.00000392. The SMILES string of the molecule is CCNC(=NCc1ccccc1)NCCc1ccc(OC)c(OC(F)F)c1.I. The Kier molecular flexibility index (Phi) is 11.2. The molecule has 0 bridgehead atoms. The summed E-state index contributed by atoms with van der Waals surface area (Å²) in [5, 5.41) is 6.44. The summed E-state index contributed by atoms with van der Waals surface area (Å²) in [6.45, 7) is 1.02. The number of alkyl halides is 2. The number of ether oxygens (including phenoxy) is 2. The first-order valence-electron chi connectivity index (χ1n) is 8.80. The number of benzene rings is 2. The first kappa shape index (κ1) is 23.9. The van der Waals surface area contributed by atoms with Crippen LogP contribution in [0.25, 0.3) is 0 Å². The van der Waals surface area contributed by atoms with Gasteiger partial charge in [0.15, 0.2) is 17.5 Å². The molecule has 0 aliphatic rings. The van der Waals surface area contributed by atoms with Gasteiger partial charge >= 0.3 is 6.61 Å². The van der Waals surface area contributed by atoms with Gasteiger partial charge in [0, 0.05) is 13.1 Å². The molecule has 0 spiro atoms. The van der Waals surface area contributed by atoms with Crippen molar-refractivity contribution in [1.82, 2.24) is 10.6 Å². The second-order valence-electron chi connectivity index (χ2n) is 5.72. The predicted molar refractivity (Wildman–Crippen MR) is 118 cm³/mol. The van der Waals surface area contributed by atoms with Crippen molar-refractivity contribution < 1.29 is 18.3 Å². The molecule has 2 aromatic rings. The molecule has 28 heavy (non-hydrogen) atoms. The monoisotopic (exact) mass is 505 g/mol. The number of aliphatic imine (C=N–C) groups is 1. The van der Waals surface area contributed by atoms with Gasteiger partial charge in [0.05, 0.1) is 13.7 Å². The van der Waals surface area contributed by atoms with Gasteiger partial charge < -0.3 is 20.1 Å². The van der Waals surface area contributed by atoms with Crippen LogP contribution < -0.4 is 20.1 Å². The third kappa shape index (κ3) is 8.28. The van der Waals surface area contributed by atoms with Crippen LogP contribution in [0.4, 0.5) is 8.78 Å². The first-order valence-corrected chi connectivity index (χ1v) is 8.80. The maximum absolute atomic E-state index is 12.5. The summed E-state index contributed by atoms with van der Waals surface area (Å²) in [4.78, 5) is 4.55. The largest absolute Gasteiger partial charge is 0.493 e. The Morgan fingerprint density at radius 1 is 1.04 bits per heavy atom. The van der Waals surface area contributed by atoms with Crippen LogP contribution >= 0.6 is 24.0 Å². The number of hydrogen-bond donors (Lipinski definition) is 2. The Morgan fingerprint density at radius 3 is 2.43 bits per heavy atom. The number of hydrogen-bond acceptors (Lipinski definition) is 3. The molecular weight excluding hydrogens is 479 g/mol. The van der Waals surface area contributed by atoms with Crippen molar-refractivity contribution in [2.75, 3.05) is 20.2 Å². The summed E-state index contributed by atoms with van der Waals surface area (Å²) in [6, 6.07) is 15.0. The first-order chi connectivity index (χ1) is 13.1. The lowest BCUT2D eigenvalue weighted by atomic mass is 10.1. The third-order valence-electron chi connectivity index (χ3n) is 3.76. The summed E-state index contributed by atoms with van der Waals surface area (Å²) in [6.07, 6.45) is 0.624. The van der Waals surface area contributed by atoms with E-state index in [2.05, 4.69) is 20.4 Å². The predicted octanol–water partition coefficient (Wildman–Crippen LogP) is 4.21. The highest BCUT2D eigenvalue weighted by molar-refractivity contribution is 14.0. The normalized spacial score (nSPS) is 11.0. The Bertz CT molecular complexity index is 731. The summed E-state index contributed by atoms with van der Waals surface area (Å²) >= 11 is 0. The molecular formula is C20H26F2IN3O2. The van der Waals surface area contributed by atoms with Crippen LogP contribution in [0, 0.1) is 0 Å². The molecule has 0 saturated carbocycles. The maximum Gasteiger partial charge on any atom is 0.387 e. The molecule has 0 atom stereocenters.